The van der Waals surface area contributed by atoms with Crippen LogP contribution in [0.4, 0.5) is 0 Å². The zero-order valence-electron chi connectivity index (χ0n) is 16.8. The molecule has 3 aromatic rings. The molecule has 0 unspecified atom stereocenters. The second-order valence-corrected chi connectivity index (χ2v) is 6.49. The van der Waals surface area contributed by atoms with E-state index in [9.17, 15) is 4.79 Å². The summed E-state index contributed by atoms with van der Waals surface area (Å²) < 4.78 is 11.4. The summed E-state index contributed by atoms with van der Waals surface area (Å²) in [6.07, 6.45) is 2.80. The Morgan fingerprint density at radius 1 is 1.14 bits per heavy atom. The SMILES string of the molecule is CCCC(=O)N/N=C\c1ccc(OCc2nc3ccccc3nc2C)c(OC)c1. The molecule has 1 aromatic heterocycles. The van der Waals surface area contributed by atoms with Crippen LogP contribution in [0.5, 0.6) is 11.5 Å². The summed E-state index contributed by atoms with van der Waals surface area (Å²) in [7, 11) is 1.58. The lowest BCUT2D eigenvalue weighted by Crippen LogP contribution is -2.16. The summed E-state index contributed by atoms with van der Waals surface area (Å²) >= 11 is 0. The number of fused-ring (bicyclic) bond motifs is 1. The van der Waals surface area contributed by atoms with Gasteiger partial charge in [0.1, 0.15) is 6.61 Å². The van der Waals surface area contributed by atoms with E-state index in [4.69, 9.17) is 9.47 Å². The molecule has 0 saturated carbocycles. The van der Waals surface area contributed by atoms with Crippen molar-refractivity contribution < 1.29 is 14.3 Å². The number of nitrogens with zero attached hydrogens (tertiary/aromatic N) is 3. The molecular weight excluding hydrogens is 368 g/mol. The summed E-state index contributed by atoms with van der Waals surface area (Å²) in [6, 6.07) is 13.2. The van der Waals surface area contributed by atoms with Crippen LogP contribution in [0.2, 0.25) is 0 Å². The minimum absolute atomic E-state index is 0.109. The second-order valence-electron chi connectivity index (χ2n) is 6.49. The van der Waals surface area contributed by atoms with Crippen molar-refractivity contribution in [2.75, 3.05) is 7.11 Å². The van der Waals surface area contributed by atoms with Gasteiger partial charge in [0.25, 0.3) is 0 Å². The first-order valence-electron chi connectivity index (χ1n) is 9.45. The van der Waals surface area contributed by atoms with Gasteiger partial charge in [0.2, 0.25) is 5.91 Å². The topological polar surface area (TPSA) is 85.7 Å². The Morgan fingerprint density at radius 3 is 2.62 bits per heavy atom. The largest absolute Gasteiger partial charge is 0.493 e. The van der Waals surface area contributed by atoms with E-state index in [2.05, 4.69) is 20.5 Å². The van der Waals surface area contributed by atoms with E-state index < -0.39 is 0 Å². The molecule has 0 fully saturated rings. The first kappa shape index (κ1) is 20.3. The number of benzene rings is 2. The fourth-order valence-electron chi connectivity index (χ4n) is 2.75. The number of carbonyl (C=O) groups is 1. The fraction of sp³-hybridized carbons (Fsp3) is 0.273. The number of hydrogen-bond acceptors (Lipinski definition) is 6. The Morgan fingerprint density at radius 2 is 1.90 bits per heavy atom. The van der Waals surface area contributed by atoms with Crippen LogP contribution in [0.15, 0.2) is 47.6 Å². The highest BCUT2D eigenvalue weighted by molar-refractivity contribution is 5.83. The maximum Gasteiger partial charge on any atom is 0.240 e. The fourth-order valence-corrected chi connectivity index (χ4v) is 2.75. The summed E-state index contributed by atoms with van der Waals surface area (Å²) in [4.78, 5) is 20.7. The van der Waals surface area contributed by atoms with E-state index in [0.29, 0.717) is 17.9 Å². The van der Waals surface area contributed by atoms with E-state index in [1.807, 2.05) is 44.2 Å². The van der Waals surface area contributed by atoms with Gasteiger partial charge in [-0.2, -0.15) is 5.10 Å². The number of hydrogen-bond donors (Lipinski definition) is 1. The maximum atomic E-state index is 11.5. The van der Waals surface area contributed by atoms with Gasteiger partial charge < -0.3 is 9.47 Å². The van der Waals surface area contributed by atoms with Crippen LogP contribution in [0, 0.1) is 6.92 Å². The molecule has 0 spiro atoms. The van der Waals surface area contributed by atoms with Crippen LogP contribution in [0.25, 0.3) is 11.0 Å². The van der Waals surface area contributed by atoms with E-state index >= 15 is 0 Å². The Bertz CT molecular complexity index is 1030. The lowest BCUT2D eigenvalue weighted by atomic mass is 10.2. The molecule has 1 N–H and O–H groups in total. The zero-order chi connectivity index (χ0) is 20.6. The Kier molecular flexibility index (Phi) is 6.73. The van der Waals surface area contributed by atoms with Crippen LogP contribution in [-0.2, 0) is 11.4 Å². The van der Waals surface area contributed by atoms with E-state index in [0.717, 1.165) is 34.4 Å². The molecule has 3 rings (SSSR count). The molecule has 0 aliphatic heterocycles. The molecule has 0 bridgehead atoms. The summed E-state index contributed by atoms with van der Waals surface area (Å²) in [5.74, 6) is 1.05. The van der Waals surface area contributed by atoms with Crippen LogP contribution in [0.1, 0.15) is 36.7 Å². The highest BCUT2D eigenvalue weighted by atomic mass is 16.5. The van der Waals surface area contributed by atoms with Gasteiger partial charge in [-0.1, -0.05) is 19.1 Å². The monoisotopic (exact) mass is 392 g/mol. The van der Waals surface area contributed by atoms with E-state index in [1.54, 1.807) is 25.5 Å². The third-order valence-corrected chi connectivity index (χ3v) is 4.27. The van der Waals surface area contributed by atoms with Gasteiger partial charge in [0.15, 0.2) is 11.5 Å². The molecule has 0 atom stereocenters. The molecular formula is C22H24N4O3. The highest BCUT2D eigenvalue weighted by Crippen LogP contribution is 2.28. The maximum absolute atomic E-state index is 11.5. The normalized spacial score (nSPS) is 11.0. The number of hydrazone groups is 1. The third-order valence-electron chi connectivity index (χ3n) is 4.27. The van der Waals surface area contributed by atoms with Crippen molar-refractivity contribution >= 4 is 23.2 Å². The van der Waals surface area contributed by atoms with Crippen molar-refractivity contribution in [3.63, 3.8) is 0 Å². The quantitative estimate of drug-likeness (QED) is 0.466. The number of aryl methyl sites for hydroxylation is 1. The molecule has 0 saturated heterocycles. The summed E-state index contributed by atoms with van der Waals surface area (Å²) in [5, 5.41) is 3.96. The molecule has 1 heterocycles. The lowest BCUT2D eigenvalue weighted by Gasteiger charge is -2.12. The Balaban J connectivity index is 1.70. The first-order chi connectivity index (χ1) is 14.1. The van der Waals surface area contributed by atoms with Gasteiger partial charge in [0.05, 0.1) is 35.7 Å². The van der Waals surface area contributed by atoms with Crippen molar-refractivity contribution in [2.45, 2.75) is 33.3 Å². The van der Waals surface area contributed by atoms with Crippen LogP contribution < -0.4 is 14.9 Å². The standard InChI is InChI=1S/C22H24N4O3/c1-4-7-22(27)26-23-13-16-10-11-20(21(12-16)28-3)29-14-19-15(2)24-17-8-5-6-9-18(17)25-19/h5-6,8-13H,4,7,14H2,1-3H3,(H,26,27)/b23-13-. The smallest absolute Gasteiger partial charge is 0.240 e. The average Bonchev–Trinajstić information content (AvgIpc) is 2.72. The first-order valence-corrected chi connectivity index (χ1v) is 9.45. The predicted octanol–water partition coefficient (Wildman–Crippen LogP) is 3.78. The number of carbonyl (C=O) groups excluding carboxylic acids is 1. The predicted molar refractivity (Wildman–Crippen MR) is 112 cm³/mol. The van der Waals surface area contributed by atoms with Gasteiger partial charge >= 0.3 is 0 Å². The molecule has 0 aliphatic rings. The number of rotatable bonds is 8. The minimum atomic E-state index is -0.109. The second kappa shape index (κ2) is 9.64. The summed E-state index contributed by atoms with van der Waals surface area (Å²) in [6.45, 7) is 4.14. The molecule has 0 aliphatic carbocycles. The van der Waals surface area contributed by atoms with Crippen molar-refractivity contribution in [3.05, 3.63) is 59.4 Å². The van der Waals surface area contributed by atoms with Gasteiger partial charge in [-0.15, -0.1) is 0 Å². The van der Waals surface area contributed by atoms with Crippen LogP contribution in [0.3, 0.4) is 0 Å². The molecule has 7 heteroatoms. The number of ether oxygens (including phenoxy) is 2. The highest BCUT2D eigenvalue weighted by Gasteiger charge is 2.09. The van der Waals surface area contributed by atoms with Gasteiger partial charge in [-0.25, -0.2) is 15.4 Å². The van der Waals surface area contributed by atoms with E-state index in [1.165, 1.54) is 0 Å². The van der Waals surface area contributed by atoms with Crippen molar-refractivity contribution in [1.82, 2.24) is 15.4 Å². The summed E-state index contributed by atoms with van der Waals surface area (Å²) in [5.41, 5.74) is 6.58. The number of para-hydroxylation sites is 2. The third kappa shape index (κ3) is 5.28. The molecule has 7 nitrogen and oxygen atoms in total. The number of methoxy groups -OCH3 is 1. The number of amides is 1. The van der Waals surface area contributed by atoms with Crippen molar-refractivity contribution in [1.29, 1.82) is 0 Å². The minimum Gasteiger partial charge on any atom is -0.493 e. The number of nitrogens with one attached hydrogen (secondary N) is 1. The van der Waals surface area contributed by atoms with Gasteiger partial charge in [-0.05, 0) is 49.2 Å². The van der Waals surface area contributed by atoms with Crippen molar-refractivity contribution in [3.8, 4) is 11.5 Å². The molecule has 0 radical (unpaired) electrons. The van der Waals surface area contributed by atoms with Crippen molar-refractivity contribution in [2.24, 2.45) is 5.10 Å². The molecule has 1 amide bonds. The number of aromatic nitrogens is 2. The van der Waals surface area contributed by atoms with Gasteiger partial charge in [0, 0.05) is 6.42 Å². The van der Waals surface area contributed by atoms with Gasteiger partial charge in [-0.3, -0.25) is 4.79 Å². The Hall–Kier alpha value is -3.48. The van der Waals surface area contributed by atoms with Crippen LogP contribution >= 0.6 is 0 Å². The lowest BCUT2D eigenvalue weighted by molar-refractivity contribution is -0.121. The molecule has 150 valence electrons. The zero-order valence-corrected chi connectivity index (χ0v) is 16.8. The Labute approximate surface area is 169 Å². The van der Waals surface area contributed by atoms with E-state index in [-0.39, 0.29) is 12.5 Å². The molecule has 2 aromatic carbocycles. The molecule has 29 heavy (non-hydrogen) atoms. The average molecular weight is 392 g/mol. The van der Waals surface area contributed by atoms with Crippen LogP contribution in [-0.4, -0.2) is 29.2 Å².